The van der Waals surface area contributed by atoms with E-state index in [1.165, 1.54) is 50.6 Å². The molecule has 1 heterocycles. The summed E-state index contributed by atoms with van der Waals surface area (Å²) < 4.78 is 0. The van der Waals surface area contributed by atoms with Crippen molar-refractivity contribution >= 4 is 5.91 Å². The maximum Gasteiger partial charge on any atom is 0.225 e. The smallest absolute Gasteiger partial charge is 0.225 e. The summed E-state index contributed by atoms with van der Waals surface area (Å²) in [6, 6.07) is 11.0. The number of hydrogen-bond donors (Lipinski definition) is 0. The molecule has 4 nitrogen and oxygen atoms in total. The van der Waals surface area contributed by atoms with Crippen molar-refractivity contribution in [1.82, 2.24) is 14.7 Å². The van der Waals surface area contributed by atoms with Gasteiger partial charge in [-0.05, 0) is 67.9 Å². The highest BCUT2D eigenvalue weighted by atomic mass is 16.2. The number of carbonyl (C=O) groups excluding carboxylic acids is 1. The standard InChI is InChI=1S/C32H49N3O/c1-32(2)29-16-15-28(30(32)24-29)25-34(17-9-12-26-10-5-3-6-11-26)19-18-33-20-22-35(23-21-33)31(36)27-13-7-4-8-14-27/h3,5-6,10-11,15,27,29-30H,4,7-9,12-14,16-25H2,1-2H3. The highest BCUT2D eigenvalue weighted by Crippen LogP contribution is 2.59. The molecule has 1 saturated heterocycles. The molecule has 4 heteroatoms. The molecule has 1 aliphatic heterocycles. The zero-order valence-corrected chi connectivity index (χ0v) is 23.0. The van der Waals surface area contributed by atoms with Gasteiger partial charge in [0.05, 0.1) is 0 Å². The SMILES string of the molecule is CC1(C)C2CC=C(CN(CCCc3ccccc3)CCN3CCN(C(=O)C4CCCCC4)CC3)C1C2. The van der Waals surface area contributed by atoms with Gasteiger partial charge in [0.1, 0.15) is 0 Å². The van der Waals surface area contributed by atoms with Crippen LogP contribution in [0, 0.1) is 23.2 Å². The average molecular weight is 492 g/mol. The van der Waals surface area contributed by atoms with Gasteiger partial charge in [0.15, 0.2) is 0 Å². The van der Waals surface area contributed by atoms with Crippen molar-refractivity contribution in [2.45, 2.75) is 71.6 Å². The van der Waals surface area contributed by atoms with Crippen LogP contribution >= 0.6 is 0 Å². The van der Waals surface area contributed by atoms with E-state index in [1.807, 2.05) is 0 Å². The second-order valence-electron chi connectivity index (χ2n) is 12.7. The Morgan fingerprint density at radius 1 is 1.00 bits per heavy atom. The number of allylic oxidation sites excluding steroid dienone is 1. The zero-order chi connectivity index (χ0) is 25.0. The lowest BCUT2D eigenvalue weighted by Crippen LogP contribution is -2.52. The predicted molar refractivity (Wildman–Crippen MR) is 149 cm³/mol. The third kappa shape index (κ3) is 6.07. The van der Waals surface area contributed by atoms with Crippen LogP contribution in [0.4, 0.5) is 0 Å². The zero-order valence-electron chi connectivity index (χ0n) is 23.0. The van der Waals surface area contributed by atoms with Crippen LogP contribution < -0.4 is 0 Å². The lowest BCUT2D eigenvalue weighted by Gasteiger charge is -2.57. The fourth-order valence-electron chi connectivity index (χ4n) is 7.42. The predicted octanol–water partition coefficient (Wildman–Crippen LogP) is 5.64. The van der Waals surface area contributed by atoms with E-state index in [0.717, 1.165) is 76.9 Å². The third-order valence-corrected chi connectivity index (χ3v) is 10.1. The average Bonchev–Trinajstić information content (AvgIpc) is 2.92. The molecule has 2 saturated carbocycles. The van der Waals surface area contributed by atoms with Gasteiger partial charge in [0, 0.05) is 51.7 Å². The van der Waals surface area contributed by atoms with Crippen molar-refractivity contribution in [3.05, 3.63) is 47.5 Å². The van der Waals surface area contributed by atoms with Crippen molar-refractivity contribution in [3.8, 4) is 0 Å². The van der Waals surface area contributed by atoms with E-state index >= 15 is 0 Å². The molecule has 6 rings (SSSR count). The molecule has 2 atom stereocenters. The highest BCUT2D eigenvalue weighted by molar-refractivity contribution is 5.79. The van der Waals surface area contributed by atoms with Crippen LogP contribution in [0.3, 0.4) is 0 Å². The lowest BCUT2D eigenvalue weighted by molar-refractivity contribution is -0.138. The number of piperazine rings is 1. The summed E-state index contributed by atoms with van der Waals surface area (Å²) in [4.78, 5) is 20.5. The van der Waals surface area contributed by atoms with Crippen molar-refractivity contribution < 1.29 is 4.79 Å². The van der Waals surface area contributed by atoms with E-state index in [9.17, 15) is 4.79 Å². The van der Waals surface area contributed by atoms with Gasteiger partial charge in [0.25, 0.3) is 0 Å². The van der Waals surface area contributed by atoms with E-state index in [0.29, 0.717) is 17.2 Å². The van der Waals surface area contributed by atoms with Gasteiger partial charge in [0.2, 0.25) is 5.91 Å². The van der Waals surface area contributed by atoms with Crippen LogP contribution in [0.1, 0.15) is 70.8 Å². The molecule has 2 bridgehead atoms. The number of benzene rings is 1. The minimum atomic E-state index is 0.310. The van der Waals surface area contributed by atoms with Gasteiger partial charge >= 0.3 is 0 Å². The Kier molecular flexibility index (Phi) is 8.53. The molecule has 198 valence electrons. The second-order valence-corrected chi connectivity index (χ2v) is 12.7. The van der Waals surface area contributed by atoms with Crippen LogP contribution in [0.2, 0.25) is 0 Å². The number of aryl methyl sites for hydroxylation is 1. The first-order valence-corrected chi connectivity index (χ1v) is 15.0. The van der Waals surface area contributed by atoms with Gasteiger partial charge < -0.3 is 4.90 Å². The van der Waals surface area contributed by atoms with Gasteiger partial charge in [-0.2, -0.15) is 0 Å². The molecule has 5 aliphatic rings. The Bertz CT molecular complexity index is 880. The molecule has 4 aliphatic carbocycles. The molecule has 1 aromatic carbocycles. The first-order valence-electron chi connectivity index (χ1n) is 15.0. The van der Waals surface area contributed by atoms with E-state index in [2.05, 4.69) is 65.0 Å². The number of rotatable bonds is 10. The monoisotopic (exact) mass is 491 g/mol. The fourth-order valence-corrected chi connectivity index (χ4v) is 7.42. The molecule has 2 unspecified atom stereocenters. The summed E-state index contributed by atoms with van der Waals surface area (Å²) in [6.45, 7) is 13.5. The van der Waals surface area contributed by atoms with Crippen LogP contribution in [0.25, 0.3) is 0 Å². The largest absolute Gasteiger partial charge is 0.340 e. The van der Waals surface area contributed by atoms with Crippen molar-refractivity contribution in [2.75, 3.05) is 52.4 Å². The maximum atomic E-state index is 13.0. The van der Waals surface area contributed by atoms with Crippen LogP contribution in [0.5, 0.6) is 0 Å². The topological polar surface area (TPSA) is 26.8 Å². The molecule has 3 fully saturated rings. The minimum absolute atomic E-state index is 0.310. The molecule has 0 N–H and O–H groups in total. The van der Waals surface area contributed by atoms with Gasteiger partial charge in [-0.3, -0.25) is 14.6 Å². The normalized spacial score (nSPS) is 26.5. The number of nitrogens with zero attached hydrogens (tertiary/aromatic N) is 3. The minimum Gasteiger partial charge on any atom is -0.340 e. The third-order valence-electron chi connectivity index (χ3n) is 10.1. The fraction of sp³-hybridized carbons (Fsp3) is 0.719. The Hall–Kier alpha value is -1.65. The first kappa shape index (κ1) is 26.0. The van der Waals surface area contributed by atoms with E-state index in [4.69, 9.17) is 0 Å². The summed E-state index contributed by atoms with van der Waals surface area (Å²) in [7, 11) is 0. The Morgan fingerprint density at radius 2 is 1.75 bits per heavy atom. The van der Waals surface area contributed by atoms with Gasteiger partial charge in [-0.25, -0.2) is 0 Å². The second kappa shape index (κ2) is 11.8. The summed E-state index contributed by atoms with van der Waals surface area (Å²) in [5.41, 5.74) is 3.67. The quantitative estimate of drug-likeness (QED) is 0.397. The molecule has 0 radical (unpaired) electrons. The van der Waals surface area contributed by atoms with Crippen molar-refractivity contribution in [1.29, 1.82) is 0 Å². The molecular formula is C32H49N3O. The lowest BCUT2D eigenvalue weighted by atomic mass is 9.49. The molecule has 0 spiro atoms. The van der Waals surface area contributed by atoms with E-state index in [1.54, 1.807) is 5.57 Å². The number of carbonyl (C=O) groups is 1. The molecular weight excluding hydrogens is 442 g/mol. The number of fused-ring (bicyclic) bond motifs is 1. The van der Waals surface area contributed by atoms with Gasteiger partial charge in [-0.15, -0.1) is 0 Å². The highest BCUT2D eigenvalue weighted by Gasteiger charge is 2.51. The van der Waals surface area contributed by atoms with Crippen LogP contribution in [-0.2, 0) is 11.2 Å². The maximum absolute atomic E-state index is 13.0. The van der Waals surface area contributed by atoms with E-state index < -0.39 is 0 Å². The Morgan fingerprint density at radius 3 is 2.44 bits per heavy atom. The van der Waals surface area contributed by atoms with Crippen molar-refractivity contribution in [3.63, 3.8) is 0 Å². The van der Waals surface area contributed by atoms with E-state index in [-0.39, 0.29) is 0 Å². The van der Waals surface area contributed by atoms with Crippen LogP contribution in [-0.4, -0.2) is 73.0 Å². The van der Waals surface area contributed by atoms with Gasteiger partial charge in [-0.1, -0.05) is 75.1 Å². The first-order chi connectivity index (χ1) is 17.5. The number of amides is 1. The molecule has 36 heavy (non-hydrogen) atoms. The molecule has 0 aromatic heterocycles. The number of hydrogen-bond acceptors (Lipinski definition) is 3. The summed E-state index contributed by atoms with van der Waals surface area (Å²) in [5.74, 6) is 2.46. The van der Waals surface area contributed by atoms with Crippen molar-refractivity contribution in [2.24, 2.45) is 23.2 Å². The Balaban J connectivity index is 1.11. The molecule has 1 aromatic rings. The van der Waals surface area contributed by atoms with Crippen LogP contribution in [0.15, 0.2) is 42.0 Å². The molecule has 1 amide bonds. The summed E-state index contributed by atoms with van der Waals surface area (Å²) >= 11 is 0. The summed E-state index contributed by atoms with van der Waals surface area (Å²) in [6.07, 6.45) is 13.7. The Labute approximate surface area is 220 Å². The summed E-state index contributed by atoms with van der Waals surface area (Å²) in [5, 5.41) is 0.